The number of benzene rings is 2. The summed E-state index contributed by atoms with van der Waals surface area (Å²) in [6, 6.07) is 14.1. The highest BCUT2D eigenvalue weighted by Gasteiger charge is 2.24. The second-order valence-electron chi connectivity index (χ2n) is 7.95. The molecule has 1 aliphatic rings. The second kappa shape index (κ2) is 9.65. The smallest absolute Gasteiger partial charge is 0.257 e. The Bertz CT molecular complexity index is 1120. The fraction of sp³-hybridized carbons (Fsp3) is 0.250. The van der Waals surface area contributed by atoms with E-state index in [-0.39, 0.29) is 11.7 Å². The molecule has 0 fully saturated rings. The van der Waals surface area contributed by atoms with Gasteiger partial charge in [-0.1, -0.05) is 12.1 Å². The second-order valence-corrected chi connectivity index (χ2v) is 7.95. The van der Waals surface area contributed by atoms with Crippen LogP contribution in [0, 0.1) is 5.82 Å². The number of halogens is 1. The Kier molecular flexibility index (Phi) is 6.51. The molecule has 0 aliphatic carbocycles. The van der Waals surface area contributed by atoms with Gasteiger partial charge in [-0.05, 0) is 56.4 Å². The SMILES string of the molecule is CN(C)CCCOc1ccc(Cc2cc(NC=C3C(=O)Nc4ccc(F)cc43)[nH]n2)cc1. The van der Waals surface area contributed by atoms with Gasteiger partial charge in [0.05, 0.1) is 17.9 Å². The van der Waals surface area contributed by atoms with Crippen LogP contribution >= 0.6 is 0 Å². The highest BCUT2D eigenvalue weighted by Crippen LogP contribution is 2.32. The number of aromatic amines is 1. The summed E-state index contributed by atoms with van der Waals surface area (Å²) in [6.07, 6.45) is 3.20. The molecule has 8 heteroatoms. The van der Waals surface area contributed by atoms with E-state index >= 15 is 0 Å². The molecule has 32 heavy (non-hydrogen) atoms. The predicted molar refractivity (Wildman–Crippen MR) is 123 cm³/mol. The Balaban J connectivity index is 1.33. The van der Waals surface area contributed by atoms with Gasteiger partial charge in [-0.3, -0.25) is 9.89 Å². The molecule has 1 aromatic heterocycles. The summed E-state index contributed by atoms with van der Waals surface area (Å²) in [6.45, 7) is 1.69. The summed E-state index contributed by atoms with van der Waals surface area (Å²) in [4.78, 5) is 14.3. The molecule has 3 aromatic rings. The van der Waals surface area contributed by atoms with E-state index in [1.165, 1.54) is 12.1 Å². The van der Waals surface area contributed by atoms with Crippen molar-refractivity contribution in [2.75, 3.05) is 37.9 Å². The Hall–Kier alpha value is -3.65. The molecule has 0 bridgehead atoms. The topological polar surface area (TPSA) is 82.3 Å². The maximum absolute atomic E-state index is 13.6. The van der Waals surface area contributed by atoms with Crippen molar-refractivity contribution in [2.45, 2.75) is 12.8 Å². The first-order valence-electron chi connectivity index (χ1n) is 10.5. The van der Waals surface area contributed by atoms with Gasteiger partial charge in [0, 0.05) is 36.5 Å². The quantitative estimate of drug-likeness (QED) is 0.351. The fourth-order valence-electron chi connectivity index (χ4n) is 3.46. The van der Waals surface area contributed by atoms with Gasteiger partial charge in [0.25, 0.3) is 5.91 Å². The van der Waals surface area contributed by atoms with Crippen LogP contribution in [0.4, 0.5) is 15.9 Å². The van der Waals surface area contributed by atoms with Crippen molar-refractivity contribution >= 4 is 23.0 Å². The summed E-state index contributed by atoms with van der Waals surface area (Å²) < 4.78 is 19.3. The van der Waals surface area contributed by atoms with E-state index in [1.54, 1.807) is 12.3 Å². The molecule has 1 aliphatic heterocycles. The van der Waals surface area contributed by atoms with Gasteiger partial charge in [0.1, 0.15) is 17.4 Å². The number of nitrogens with one attached hydrogen (secondary N) is 3. The minimum atomic E-state index is -0.389. The number of aromatic nitrogens is 2. The van der Waals surface area contributed by atoms with Crippen molar-refractivity contribution in [3.8, 4) is 5.75 Å². The number of carbonyl (C=O) groups excluding carboxylic acids is 1. The third-order valence-corrected chi connectivity index (χ3v) is 5.09. The Morgan fingerprint density at radius 1 is 1.16 bits per heavy atom. The number of hydrogen-bond acceptors (Lipinski definition) is 5. The lowest BCUT2D eigenvalue weighted by Gasteiger charge is -2.10. The van der Waals surface area contributed by atoms with E-state index in [0.29, 0.717) is 35.7 Å². The lowest BCUT2D eigenvalue weighted by atomic mass is 10.1. The van der Waals surface area contributed by atoms with Crippen LogP contribution in [0.5, 0.6) is 5.75 Å². The van der Waals surface area contributed by atoms with E-state index < -0.39 is 0 Å². The molecule has 0 saturated heterocycles. The van der Waals surface area contributed by atoms with Gasteiger partial charge in [-0.25, -0.2) is 4.39 Å². The van der Waals surface area contributed by atoms with Crippen LogP contribution < -0.4 is 15.4 Å². The minimum Gasteiger partial charge on any atom is -0.494 e. The van der Waals surface area contributed by atoms with Crippen LogP contribution in [0.2, 0.25) is 0 Å². The predicted octanol–water partition coefficient (Wildman–Crippen LogP) is 3.88. The molecule has 0 spiro atoms. The van der Waals surface area contributed by atoms with Crippen molar-refractivity contribution in [1.29, 1.82) is 0 Å². The molecular formula is C24H26FN5O2. The van der Waals surface area contributed by atoms with E-state index in [9.17, 15) is 9.18 Å². The molecule has 0 saturated carbocycles. The van der Waals surface area contributed by atoms with Crippen LogP contribution in [0.15, 0.2) is 54.7 Å². The highest BCUT2D eigenvalue weighted by molar-refractivity contribution is 6.31. The zero-order valence-electron chi connectivity index (χ0n) is 18.1. The number of carbonyl (C=O) groups is 1. The number of fused-ring (bicyclic) bond motifs is 1. The number of hydrogen-bond donors (Lipinski definition) is 3. The molecule has 0 atom stereocenters. The Morgan fingerprint density at radius 3 is 2.75 bits per heavy atom. The molecule has 166 valence electrons. The number of anilines is 2. The monoisotopic (exact) mass is 435 g/mol. The molecule has 0 radical (unpaired) electrons. The Labute approximate surface area is 186 Å². The molecule has 2 aromatic carbocycles. The zero-order chi connectivity index (χ0) is 22.5. The van der Waals surface area contributed by atoms with Crippen molar-refractivity contribution < 1.29 is 13.9 Å². The first-order valence-corrected chi connectivity index (χ1v) is 10.5. The summed E-state index contributed by atoms with van der Waals surface area (Å²) in [7, 11) is 4.10. The van der Waals surface area contributed by atoms with Crippen LogP contribution in [0.3, 0.4) is 0 Å². The fourth-order valence-corrected chi connectivity index (χ4v) is 3.46. The highest BCUT2D eigenvalue weighted by atomic mass is 19.1. The van der Waals surface area contributed by atoms with Crippen molar-refractivity contribution in [3.63, 3.8) is 0 Å². The number of rotatable bonds is 9. The summed E-state index contributed by atoms with van der Waals surface area (Å²) >= 11 is 0. The van der Waals surface area contributed by atoms with Gasteiger partial charge in [0.2, 0.25) is 0 Å². The van der Waals surface area contributed by atoms with Gasteiger partial charge in [0.15, 0.2) is 0 Å². The lowest BCUT2D eigenvalue weighted by molar-refractivity contribution is -0.110. The molecule has 4 rings (SSSR count). The number of nitrogens with zero attached hydrogens (tertiary/aromatic N) is 2. The first-order chi connectivity index (χ1) is 15.5. The van der Waals surface area contributed by atoms with E-state index in [0.717, 1.165) is 30.0 Å². The molecule has 3 N–H and O–H groups in total. The average molecular weight is 436 g/mol. The first kappa shape index (κ1) is 21.6. The van der Waals surface area contributed by atoms with Crippen LogP contribution in [0.25, 0.3) is 5.57 Å². The molecule has 7 nitrogen and oxygen atoms in total. The van der Waals surface area contributed by atoms with E-state index in [4.69, 9.17) is 4.74 Å². The van der Waals surface area contributed by atoms with E-state index in [2.05, 4.69) is 25.7 Å². The van der Waals surface area contributed by atoms with Crippen LogP contribution in [-0.4, -0.2) is 48.3 Å². The third kappa shape index (κ3) is 5.33. The van der Waals surface area contributed by atoms with Crippen molar-refractivity contribution in [2.24, 2.45) is 0 Å². The maximum Gasteiger partial charge on any atom is 0.257 e. The van der Waals surface area contributed by atoms with Gasteiger partial charge < -0.3 is 20.3 Å². The summed E-state index contributed by atoms with van der Waals surface area (Å²) in [5.41, 5.74) is 3.47. The van der Waals surface area contributed by atoms with Gasteiger partial charge in [-0.15, -0.1) is 0 Å². The van der Waals surface area contributed by atoms with E-state index in [1.807, 2.05) is 44.4 Å². The molecule has 1 amide bonds. The largest absolute Gasteiger partial charge is 0.494 e. The standard InChI is InChI=1S/C24H26FN5O2/c1-30(2)10-3-11-32-19-7-4-16(5-8-19)12-18-14-23(29-28-18)26-15-21-20-13-17(25)6-9-22(20)27-24(21)31/h4-9,13-15H,3,10-12H2,1-2H3,(H,27,31)(H2,26,28,29). The molecule has 2 heterocycles. The van der Waals surface area contributed by atoms with Crippen molar-refractivity contribution in [1.82, 2.24) is 15.1 Å². The zero-order valence-corrected chi connectivity index (χ0v) is 18.1. The molecular weight excluding hydrogens is 409 g/mol. The lowest BCUT2D eigenvalue weighted by Crippen LogP contribution is -2.15. The summed E-state index contributed by atoms with van der Waals surface area (Å²) in [5.74, 6) is 0.836. The van der Waals surface area contributed by atoms with Gasteiger partial charge >= 0.3 is 0 Å². The summed E-state index contributed by atoms with van der Waals surface area (Å²) in [5, 5.41) is 13.0. The van der Waals surface area contributed by atoms with Gasteiger partial charge in [-0.2, -0.15) is 5.10 Å². The van der Waals surface area contributed by atoms with Crippen LogP contribution in [0.1, 0.15) is 23.2 Å². The Morgan fingerprint density at radius 2 is 1.97 bits per heavy atom. The molecule has 0 unspecified atom stereocenters. The normalized spacial score (nSPS) is 14.0. The third-order valence-electron chi connectivity index (χ3n) is 5.09. The number of ether oxygens (including phenoxy) is 1. The van der Waals surface area contributed by atoms with Crippen LogP contribution in [-0.2, 0) is 11.2 Å². The maximum atomic E-state index is 13.6. The number of amides is 1. The average Bonchev–Trinajstić information content (AvgIpc) is 3.33. The minimum absolute atomic E-state index is 0.276. The van der Waals surface area contributed by atoms with Crippen molar-refractivity contribution in [3.05, 3.63) is 77.4 Å². The number of H-pyrrole nitrogens is 1.